The van der Waals surface area contributed by atoms with Crippen LogP contribution in [0.1, 0.15) is 6.92 Å². The van der Waals surface area contributed by atoms with E-state index in [1.165, 1.54) is 4.31 Å². The Morgan fingerprint density at radius 3 is 2.07 bits per heavy atom. The molecule has 0 unspecified atom stereocenters. The minimum absolute atomic E-state index is 0.187. The molecule has 7 nitrogen and oxygen atoms in total. The molecule has 1 saturated heterocycles. The number of carbonyl (C=O) groups excluding carboxylic acids is 1. The first-order valence-corrected chi connectivity index (χ1v) is 11.4. The third-order valence-electron chi connectivity index (χ3n) is 4.95. The van der Waals surface area contributed by atoms with Crippen LogP contribution in [0.3, 0.4) is 0 Å². The smallest absolute Gasteiger partial charge is 0.246 e. The Kier molecular flexibility index (Phi) is 6.44. The highest BCUT2D eigenvalue weighted by molar-refractivity contribution is 7.92. The Bertz CT molecular complexity index is 924. The van der Waals surface area contributed by atoms with Gasteiger partial charge in [-0.3, -0.25) is 9.10 Å². The first kappa shape index (κ1) is 21.1. The Hall–Kier alpha value is -2.58. The zero-order valence-corrected chi connectivity index (χ0v) is 17.8. The fourth-order valence-corrected chi connectivity index (χ4v) is 4.55. The van der Waals surface area contributed by atoms with Crippen LogP contribution in [0.4, 0.5) is 5.69 Å². The van der Waals surface area contributed by atoms with Crippen LogP contribution in [0.25, 0.3) is 0 Å². The number of para-hydroxylation sites is 1. The van der Waals surface area contributed by atoms with E-state index in [9.17, 15) is 13.2 Å². The number of amides is 1. The number of carbonyl (C=O) groups is 1. The molecule has 0 radical (unpaired) electrons. The SMILES string of the molecule is C[C@H](C(=O)N1CCN(C)CC1)N(c1ccc(Oc2ccccc2)cc1)S(C)(=O)=O. The van der Waals surface area contributed by atoms with E-state index in [-0.39, 0.29) is 5.91 Å². The van der Waals surface area contributed by atoms with E-state index in [0.29, 0.717) is 30.3 Å². The van der Waals surface area contributed by atoms with Gasteiger partial charge in [0.15, 0.2) is 0 Å². The molecule has 0 aromatic heterocycles. The van der Waals surface area contributed by atoms with E-state index in [2.05, 4.69) is 4.90 Å². The third-order valence-corrected chi connectivity index (χ3v) is 6.19. The predicted octanol–water partition coefficient (Wildman–Crippen LogP) is 2.41. The first-order chi connectivity index (χ1) is 13.8. The number of piperazine rings is 1. The molecule has 1 aliphatic rings. The van der Waals surface area contributed by atoms with Crippen LogP contribution < -0.4 is 9.04 Å². The summed E-state index contributed by atoms with van der Waals surface area (Å²) in [6.07, 6.45) is 1.12. The summed E-state index contributed by atoms with van der Waals surface area (Å²) in [6.45, 7) is 4.39. The fourth-order valence-electron chi connectivity index (χ4n) is 3.38. The first-order valence-electron chi connectivity index (χ1n) is 9.55. The molecule has 0 bridgehead atoms. The molecule has 1 heterocycles. The van der Waals surface area contributed by atoms with E-state index < -0.39 is 16.1 Å². The zero-order chi connectivity index (χ0) is 21.0. The number of anilines is 1. The number of benzene rings is 2. The van der Waals surface area contributed by atoms with Crippen LogP contribution in [-0.4, -0.2) is 69.6 Å². The van der Waals surface area contributed by atoms with Crippen molar-refractivity contribution in [1.82, 2.24) is 9.80 Å². The second-order valence-corrected chi connectivity index (χ2v) is 9.13. The minimum atomic E-state index is -3.65. The van der Waals surface area contributed by atoms with Crippen molar-refractivity contribution in [3.63, 3.8) is 0 Å². The molecule has 0 aliphatic carbocycles. The van der Waals surface area contributed by atoms with Crippen molar-refractivity contribution in [3.8, 4) is 11.5 Å². The monoisotopic (exact) mass is 417 g/mol. The number of likely N-dealkylation sites (N-methyl/N-ethyl adjacent to an activating group) is 1. The highest BCUT2D eigenvalue weighted by Crippen LogP contribution is 2.27. The molecule has 0 saturated carbocycles. The van der Waals surface area contributed by atoms with Crippen molar-refractivity contribution in [3.05, 3.63) is 54.6 Å². The average molecular weight is 418 g/mol. The highest BCUT2D eigenvalue weighted by Gasteiger charge is 2.33. The molecule has 1 fully saturated rings. The molecule has 2 aromatic rings. The molecule has 1 atom stereocenters. The molecule has 2 aromatic carbocycles. The summed E-state index contributed by atoms with van der Waals surface area (Å²) in [5.41, 5.74) is 0.433. The van der Waals surface area contributed by atoms with Crippen LogP contribution in [0.5, 0.6) is 11.5 Å². The summed E-state index contributed by atoms with van der Waals surface area (Å²) in [5.74, 6) is 1.10. The number of sulfonamides is 1. The van der Waals surface area contributed by atoms with E-state index >= 15 is 0 Å². The number of rotatable bonds is 6. The summed E-state index contributed by atoms with van der Waals surface area (Å²) in [4.78, 5) is 16.8. The van der Waals surface area contributed by atoms with Crippen molar-refractivity contribution in [2.75, 3.05) is 43.8 Å². The Morgan fingerprint density at radius 2 is 1.52 bits per heavy atom. The second kappa shape index (κ2) is 8.84. The van der Waals surface area contributed by atoms with Crippen LogP contribution in [0.15, 0.2) is 54.6 Å². The molecular formula is C21H27N3O4S. The lowest BCUT2D eigenvalue weighted by Gasteiger charge is -2.36. The van der Waals surface area contributed by atoms with E-state index in [0.717, 1.165) is 19.3 Å². The van der Waals surface area contributed by atoms with E-state index in [1.54, 1.807) is 36.1 Å². The van der Waals surface area contributed by atoms with Gasteiger partial charge in [-0.1, -0.05) is 18.2 Å². The fraction of sp³-hybridized carbons (Fsp3) is 0.381. The Balaban J connectivity index is 1.79. The standard InChI is InChI=1S/C21H27N3O4S/c1-17(21(25)23-15-13-22(2)14-16-23)24(29(3,26)27)18-9-11-20(12-10-18)28-19-7-5-4-6-8-19/h4-12,17H,13-16H2,1-3H3/t17-/m1/s1. The van der Waals surface area contributed by atoms with Gasteiger partial charge in [0.2, 0.25) is 15.9 Å². The summed E-state index contributed by atoms with van der Waals surface area (Å²) >= 11 is 0. The molecule has 1 aliphatic heterocycles. The molecular weight excluding hydrogens is 390 g/mol. The number of nitrogens with zero attached hydrogens (tertiary/aromatic N) is 3. The lowest BCUT2D eigenvalue weighted by molar-refractivity contribution is -0.133. The number of hydrogen-bond acceptors (Lipinski definition) is 5. The Labute approximate surface area is 172 Å². The largest absolute Gasteiger partial charge is 0.457 e. The number of hydrogen-bond donors (Lipinski definition) is 0. The topological polar surface area (TPSA) is 70.2 Å². The van der Waals surface area contributed by atoms with Crippen LogP contribution in [0.2, 0.25) is 0 Å². The van der Waals surface area contributed by atoms with Gasteiger partial charge < -0.3 is 14.5 Å². The highest BCUT2D eigenvalue weighted by atomic mass is 32.2. The third kappa shape index (κ3) is 5.27. The van der Waals surface area contributed by atoms with Crippen molar-refractivity contribution in [2.45, 2.75) is 13.0 Å². The summed E-state index contributed by atoms with van der Waals surface area (Å²) in [6, 6.07) is 15.2. The molecule has 156 valence electrons. The van der Waals surface area contributed by atoms with E-state index in [4.69, 9.17) is 4.74 Å². The molecule has 29 heavy (non-hydrogen) atoms. The van der Waals surface area contributed by atoms with Gasteiger partial charge in [-0.05, 0) is 50.4 Å². The summed E-state index contributed by atoms with van der Waals surface area (Å²) < 4.78 is 32.0. The van der Waals surface area contributed by atoms with Gasteiger partial charge in [0.05, 0.1) is 11.9 Å². The quantitative estimate of drug-likeness (QED) is 0.722. The van der Waals surface area contributed by atoms with Gasteiger partial charge in [-0.25, -0.2) is 8.42 Å². The van der Waals surface area contributed by atoms with Crippen LogP contribution in [-0.2, 0) is 14.8 Å². The van der Waals surface area contributed by atoms with Crippen molar-refractivity contribution >= 4 is 21.6 Å². The lowest BCUT2D eigenvalue weighted by atomic mass is 10.2. The molecule has 3 rings (SSSR count). The van der Waals surface area contributed by atoms with Crippen molar-refractivity contribution in [1.29, 1.82) is 0 Å². The van der Waals surface area contributed by atoms with Gasteiger partial charge >= 0.3 is 0 Å². The number of ether oxygens (including phenoxy) is 1. The average Bonchev–Trinajstić information content (AvgIpc) is 2.69. The molecule has 1 amide bonds. The van der Waals surface area contributed by atoms with Gasteiger partial charge in [-0.15, -0.1) is 0 Å². The summed E-state index contributed by atoms with van der Waals surface area (Å²) in [5, 5.41) is 0. The normalized spacial score (nSPS) is 16.3. The maximum atomic E-state index is 13.0. The van der Waals surface area contributed by atoms with Crippen molar-refractivity contribution in [2.24, 2.45) is 0 Å². The van der Waals surface area contributed by atoms with Gasteiger partial charge in [0.1, 0.15) is 17.5 Å². The maximum Gasteiger partial charge on any atom is 0.246 e. The van der Waals surface area contributed by atoms with Gasteiger partial charge in [-0.2, -0.15) is 0 Å². The molecule has 0 spiro atoms. The predicted molar refractivity (Wildman–Crippen MR) is 114 cm³/mol. The lowest BCUT2D eigenvalue weighted by Crippen LogP contribution is -2.54. The molecule has 8 heteroatoms. The minimum Gasteiger partial charge on any atom is -0.457 e. The summed E-state index contributed by atoms with van der Waals surface area (Å²) in [7, 11) is -1.64. The van der Waals surface area contributed by atoms with Crippen molar-refractivity contribution < 1.29 is 17.9 Å². The van der Waals surface area contributed by atoms with E-state index in [1.807, 2.05) is 37.4 Å². The molecule has 0 N–H and O–H groups in total. The zero-order valence-electron chi connectivity index (χ0n) is 17.0. The maximum absolute atomic E-state index is 13.0. The van der Waals surface area contributed by atoms with Crippen LogP contribution in [0, 0.1) is 0 Å². The van der Waals surface area contributed by atoms with Gasteiger partial charge in [0.25, 0.3) is 0 Å². The Morgan fingerprint density at radius 1 is 0.966 bits per heavy atom. The van der Waals surface area contributed by atoms with Gasteiger partial charge in [0, 0.05) is 26.2 Å². The van der Waals surface area contributed by atoms with Crippen LogP contribution >= 0.6 is 0 Å². The second-order valence-electron chi connectivity index (χ2n) is 7.27.